The van der Waals surface area contributed by atoms with Gasteiger partial charge in [-0.1, -0.05) is 114 Å². The second-order valence-corrected chi connectivity index (χ2v) is 9.36. The van der Waals surface area contributed by atoms with Crippen LogP contribution in [0.2, 0.25) is 0 Å². The molecule has 2 aromatic carbocycles. The number of benzene rings is 2. The summed E-state index contributed by atoms with van der Waals surface area (Å²) in [5.41, 5.74) is 2.20. The van der Waals surface area contributed by atoms with Gasteiger partial charge in [-0.2, -0.15) is 4.21 Å². The Morgan fingerprint density at radius 3 is 1.36 bits per heavy atom. The molecule has 0 aliphatic carbocycles. The van der Waals surface area contributed by atoms with Gasteiger partial charge in [0.25, 0.3) is 0 Å². The van der Waals surface area contributed by atoms with E-state index in [0.717, 1.165) is 36.8 Å². The van der Waals surface area contributed by atoms with E-state index in [-0.39, 0.29) is 16.5 Å². The van der Waals surface area contributed by atoms with Crippen molar-refractivity contribution in [2.24, 2.45) is 0 Å². The summed E-state index contributed by atoms with van der Waals surface area (Å²) in [5, 5.41) is 0. The third-order valence-corrected chi connectivity index (χ3v) is 6.49. The van der Waals surface area contributed by atoms with Crippen molar-refractivity contribution < 1.29 is 29.1 Å². The fraction of sp³-hybridized carbons (Fsp3) is 0.571. The minimum atomic E-state index is -1.87. The number of hydrogen-bond donors (Lipinski definition) is 0. The normalized spacial score (nSPS) is 10.8. The second-order valence-electron chi connectivity index (χ2n) is 8.62. The van der Waals surface area contributed by atoms with Crippen LogP contribution in [-0.4, -0.2) is 4.21 Å². The van der Waals surface area contributed by atoms with Crippen LogP contribution in [0.4, 0.5) is 0 Å². The number of unbranched alkanes of at least 4 members (excludes halogenated alkanes) is 10. The van der Waals surface area contributed by atoms with Gasteiger partial charge in [0.15, 0.2) is 0 Å². The molecule has 0 spiro atoms. The Hall–Kier alpha value is -1.32. The van der Waals surface area contributed by atoms with Gasteiger partial charge in [0, 0.05) is 16.5 Å². The van der Waals surface area contributed by atoms with Crippen LogP contribution in [0.25, 0.3) is 0 Å². The maximum Gasteiger partial charge on any atom is 0.417 e. The summed E-state index contributed by atoms with van der Waals surface area (Å²) in [6, 6.07) is 15.8. The molecule has 0 atom stereocenters. The van der Waals surface area contributed by atoms with Gasteiger partial charge in [0.05, 0.1) is 0 Å². The van der Waals surface area contributed by atoms with Crippen molar-refractivity contribution >= 4 is 11.4 Å². The van der Waals surface area contributed by atoms with Crippen molar-refractivity contribution in [2.75, 3.05) is 0 Å². The molecule has 0 amide bonds. The third kappa shape index (κ3) is 12.6. The number of hydrogen-bond acceptors (Lipinski definition) is 3. The van der Waals surface area contributed by atoms with Gasteiger partial charge in [-0.05, 0) is 48.9 Å². The molecule has 0 aliphatic rings. The van der Waals surface area contributed by atoms with E-state index >= 15 is 0 Å². The van der Waals surface area contributed by atoms with E-state index in [1.807, 2.05) is 36.4 Å². The molecule has 0 radical (unpaired) electrons. The molecule has 0 saturated heterocycles. The first-order valence-electron chi connectivity index (χ1n) is 12.7. The van der Waals surface area contributed by atoms with Crippen LogP contribution in [0.3, 0.4) is 0 Å². The van der Waals surface area contributed by atoms with E-state index in [2.05, 4.69) is 26.0 Å². The minimum Gasteiger partial charge on any atom is -0.371 e. The maximum atomic E-state index is 12.6. The maximum absolute atomic E-state index is 12.6. The molecule has 0 fully saturated rings. The summed E-state index contributed by atoms with van der Waals surface area (Å²) in [7, 11) is 0. The Morgan fingerprint density at radius 1 is 0.576 bits per heavy atom. The zero-order chi connectivity index (χ0) is 22.9. The van der Waals surface area contributed by atoms with E-state index in [1.54, 1.807) is 0 Å². The van der Waals surface area contributed by atoms with Gasteiger partial charge in [-0.3, -0.25) is 0 Å². The Bertz CT molecular complexity index is 718. The van der Waals surface area contributed by atoms with Crippen LogP contribution in [0, 0.1) is 0 Å². The average Bonchev–Trinajstić information content (AvgIpc) is 2.80. The van der Waals surface area contributed by atoms with Crippen molar-refractivity contribution in [3.63, 3.8) is 0 Å². The summed E-state index contributed by atoms with van der Waals surface area (Å²) < 4.78 is 24.1. The van der Waals surface area contributed by atoms with Crippen LogP contribution < -0.4 is 8.37 Å². The Labute approximate surface area is 214 Å². The summed E-state index contributed by atoms with van der Waals surface area (Å²) in [4.78, 5) is 0. The Morgan fingerprint density at radius 2 is 0.939 bits per heavy atom. The first-order valence-corrected chi connectivity index (χ1v) is 13.7. The van der Waals surface area contributed by atoms with Crippen molar-refractivity contribution in [3.05, 3.63) is 59.7 Å². The first kappa shape index (κ1) is 29.7. The van der Waals surface area contributed by atoms with Crippen LogP contribution >= 0.6 is 0 Å². The van der Waals surface area contributed by atoms with Crippen LogP contribution in [0.15, 0.2) is 48.5 Å². The molecule has 0 bridgehead atoms. The summed E-state index contributed by atoms with van der Waals surface area (Å²) >= 11 is -1.87. The Balaban J connectivity index is 0.00000544. The van der Waals surface area contributed by atoms with Crippen molar-refractivity contribution in [3.8, 4) is 11.5 Å². The van der Waals surface area contributed by atoms with E-state index in [4.69, 9.17) is 8.37 Å². The molecule has 33 heavy (non-hydrogen) atoms. The van der Waals surface area contributed by atoms with Crippen molar-refractivity contribution in [1.82, 2.24) is 0 Å². The zero-order valence-electron chi connectivity index (χ0n) is 20.5. The Kier molecular flexibility index (Phi) is 17.1. The van der Waals surface area contributed by atoms with Gasteiger partial charge in [-0.25, -0.2) is 0 Å². The van der Waals surface area contributed by atoms with Gasteiger partial charge in [0.2, 0.25) is 0 Å². The largest absolute Gasteiger partial charge is 0.417 e. The number of rotatable bonds is 18. The zero-order valence-corrected chi connectivity index (χ0v) is 22.3. The SMILES string of the molecule is CCCCCCCCc1ccccc1OS(=O)Oc1ccccc1CCCCCCCC.[Ni]. The predicted molar refractivity (Wildman–Crippen MR) is 136 cm³/mol. The van der Waals surface area contributed by atoms with E-state index in [1.165, 1.54) is 64.2 Å². The summed E-state index contributed by atoms with van der Waals surface area (Å²) in [6.07, 6.45) is 16.9. The van der Waals surface area contributed by atoms with Gasteiger partial charge >= 0.3 is 11.4 Å². The fourth-order valence-electron chi connectivity index (χ4n) is 3.94. The molecule has 3 nitrogen and oxygen atoms in total. The van der Waals surface area contributed by atoms with E-state index in [9.17, 15) is 4.21 Å². The van der Waals surface area contributed by atoms with E-state index in [0.29, 0.717) is 11.5 Å². The predicted octanol–water partition coefficient (Wildman–Crippen LogP) is 8.53. The average molecular weight is 517 g/mol. The van der Waals surface area contributed by atoms with Gasteiger partial charge in [-0.15, -0.1) is 0 Å². The topological polar surface area (TPSA) is 35.5 Å². The monoisotopic (exact) mass is 516 g/mol. The number of aryl methyl sites for hydroxylation is 2. The first-order chi connectivity index (χ1) is 15.7. The van der Waals surface area contributed by atoms with E-state index < -0.39 is 11.4 Å². The summed E-state index contributed by atoms with van der Waals surface area (Å²) in [6.45, 7) is 4.48. The second kappa shape index (κ2) is 19.0. The molecule has 0 aromatic heterocycles. The minimum absolute atomic E-state index is 0. The smallest absolute Gasteiger partial charge is 0.371 e. The fourth-order valence-corrected chi connectivity index (χ4v) is 4.59. The van der Waals surface area contributed by atoms with Gasteiger partial charge < -0.3 is 8.37 Å². The van der Waals surface area contributed by atoms with Crippen molar-refractivity contribution in [1.29, 1.82) is 0 Å². The van der Waals surface area contributed by atoms with Crippen LogP contribution in [-0.2, 0) is 40.7 Å². The quantitative estimate of drug-likeness (QED) is 0.147. The molecule has 0 N–H and O–H groups in total. The molecule has 0 unspecified atom stereocenters. The molecule has 188 valence electrons. The molecule has 0 heterocycles. The molecule has 0 saturated carbocycles. The third-order valence-electron chi connectivity index (χ3n) is 5.86. The van der Waals surface area contributed by atoms with Crippen molar-refractivity contribution in [2.45, 2.75) is 104 Å². The molecular weight excluding hydrogens is 475 g/mol. The molecule has 0 aliphatic heterocycles. The molecular formula is C28H42NiO3S. The molecule has 2 rings (SSSR count). The standard InChI is InChI=1S/C28H42O3S.Ni/c1-3-5-7-9-11-13-19-25-21-15-17-23-27(25)30-32(29)31-28-24-18-16-22-26(28)20-14-12-10-8-6-4-2;/h15-18,21-24H,3-14,19-20H2,1-2H3;. The van der Waals surface area contributed by atoms with Gasteiger partial charge in [0.1, 0.15) is 11.5 Å². The van der Waals surface area contributed by atoms with Crippen LogP contribution in [0.5, 0.6) is 11.5 Å². The molecule has 2 aromatic rings. The van der Waals surface area contributed by atoms with Crippen LogP contribution in [0.1, 0.15) is 102 Å². The number of para-hydroxylation sites is 2. The summed E-state index contributed by atoms with van der Waals surface area (Å²) in [5.74, 6) is 1.32. The molecule has 5 heteroatoms.